The summed E-state index contributed by atoms with van der Waals surface area (Å²) in [4.78, 5) is 44.5. The fourth-order valence-corrected chi connectivity index (χ4v) is 5.84. The number of thioether (sulfide) groups is 1. The van der Waals surface area contributed by atoms with Crippen molar-refractivity contribution in [2.75, 3.05) is 16.4 Å². The Balaban J connectivity index is 1.22. The Bertz CT molecular complexity index is 1610. The average Bonchev–Trinajstić information content (AvgIpc) is 3.61. The molecule has 0 radical (unpaired) electrons. The molecule has 0 saturated carbocycles. The van der Waals surface area contributed by atoms with Gasteiger partial charge < -0.3 is 16.0 Å². The van der Waals surface area contributed by atoms with Crippen LogP contribution in [0, 0.1) is 0 Å². The van der Waals surface area contributed by atoms with E-state index >= 15 is 0 Å². The van der Waals surface area contributed by atoms with Gasteiger partial charge in [-0.05, 0) is 60.0 Å². The molecule has 0 fully saturated rings. The van der Waals surface area contributed by atoms with Crippen molar-refractivity contribution in [3.05, 3.63) is 113 Å². The molecule has 10 heteroatoms. The predicted octanol–water partition coefficient (Wildman–Crippen LogP) is 6.50. The smallest absolute Gasteiger partial charge is 0.272 e. The van der Waals surface area contributed by atoms with Gasteiger partial charge in [0.1, 0.15) is 5.70 Å². The normalized spacial score (nSPS) is 11.2. The summed E-state index contributed by atoms with van der Waals surface area (Å²) in [7, 11) is 0. The first-order valence-corrected chi connectivity index (χ1v) is 14.5. The van der Waals surface area contributed by atoms with Crippen molar-refractivity contribution in [2.45, 2.75) is 4.90 Å². The van der Waals surface area contributed by atoms with Gasteiger partial charge in [0.2, 0.25) is 5.91 Å². The first kappa shape index (κ1) is 26.4. The lowest BCUT2D eigenvalue weighted by atomic mass is 10.2. The Labute approximate surface area is 237 Å². The van der Waals surface area contributed by atoms with E-state index in [1.54, 1.807) is 48.5 Å². The second-order valence-corrected chi connectivity index (χ2v) is 11.3. The van der Waals surface area contributed by atoms with Gasteiger partial charge in [-0.2, -0.15) is 0 Å². The van der Waals surface area contributed by atoms with Crippen LogP contribution >= 0.6 is 34.4 Å². The van der Waals surface area contributed by atoms with Crippen molar-refractivity contribution in [3.63, 3.8) is 0 Å². The number of nitrogens with zero attached hydrogens (tertiary/aromatic N) is 1. The number of aromatic nitrogens is 1. The van der Waals surface area contributed by atoms with Crippen molar-refractivity contribution in [2.24, 2.45) is 0 Å². The SMILES string of the molecule is O=C(CSc1cccc(NC(=O)/C(=C/c2cccs2)NC(=O)c2ccccc2)c1)Nc1nc2ccccc2s1. The average molecular weight is 571 g/mol. The highest BCUT2D eigenvalue weighted by Gasteiger charge is 2.16. The summed E-state index contributed by atoms with van der Waals surface area (Å²) in [5.41, 5.74) is 1.97. The second kappa shape index (κ2) is 12.5. The zero-order valence-corrected chi connectivity index (χ0v) is 22.9. The quantitative estimate of drug-likeness (QED) is 0.139. The second-order valence-electron chi connectivity index (χ2n) is 8.20. The third-order valence-electron chi connectivity index (χ3n) is 5.36. The van der Waals surface area contributed by atoms with Crippen LogP contribution in [-0.2, 0) is 9.59 Å². The fraction of sp³-hybridized carbons (Fsp3) is 0.0345. The summed E-state index contributed by atoms with van der Waals surface area (Å²) in [5.74, 6) is -0.817. The van der Waals surface area contributed by atoms with Gasteiger partial charge in [-0.1, -0.05) is 53.8 Å². The van der Waals surface area contributed by atoms with Crippen LogP contribution in [-0.4, -0.2) is 28.5 Å². The van der Waals surface area contributed by atoms with Crippen molar-refractivity contribution in [1.29, 1.82) is 0 Å². The lowest BCUT2D eigenvalue weighted by molar-refractivity contribution is -0.114. The summed E-state index contributed by atoms with van der Waals surface area (Å²) < 4.78 is 1.01. The molecule has 0 unspecified atom stereocenters. The molecule has 2 heterocycles. The van der Waals surface area contributed by atoms with E-state index in [9.17, 15) is 14.4 Å². The Morgan fingerprint density at radius 2 is 1.69 bits per heavy atom. The van der Waals surface area contributed by atoms with Gasteiger partial charge in [0, 0.05) is 21.0 Å². The van der Waals surface area contributed by atoms with E-state index in [1.807, 2.05) is 53.9 Å². The fourth-order valence-electron chi connectivity index (χ4n) is 3.55. The Kier molecular flexibility index (Phi) is 8.47. The number of amides is 3. The number of benzene rings is 3. The Hall–Kier alpha value is -4.25. The van der Waals surface area contributed by atoms with E-state index in [1.165, 1.54) is 34.4 Å². The van der Waals surface area contributed by atoms with Gasteiger partial charge >= 0.3 is 0 Å². The molecule has 3 N–H and O–H groups in total. The van der Waals surface area contributed by atoms with Crippen LogP contribution in [0.4, 0.5) is 10.8 Å². The minimum absolute atomic E-state index is 0.125. The number of para-hydroxylation sites is 1. The molecule has 0 aliphatic rings. The van der Waals surface area contributed by atoms with Gasteiger partial charge in [-0.15, -0.1) is 23.1 Å². The minimum atomic E-state index is -0.455. The number of nitrogens with one attached hydrogen (secondary N) is 3. The standard InChI is InChI=1S/C29H22N4O3S3/c34-26(33-29-32-23-13-4-5-14-25(23)39-29)18-38-21-11-6-10-20(16-21)30-28(36)24(17-22-12-7-15-37-22)31-27(35)19-8-2-1-3-9-19/h1-17H,18H2,(H,30,36)(H,31,35)(H,32,33,34)/b24-17-. The number of thiazole rings is 1. The number of fused-ring (bicyclic) bond motifs is 1. The number of thiophene rings is 1. The van der Waals surface area contributed by atoms with E-state index in [0.29, 0.717) is 16.4 Å². The molecular weight excluding hydrogens is 549 g/mol. The molecule has 2 aromatic heterocycles. The van der Waals surface area contributed by atoms with E-state index in [4.69, 9.17) is 0 Å². The summed E-state index contributed by atoms with van der Waals surface area (Å²) >= 11 is 4.23. The number of rotatable bonds is 9. The zero-order valence-electron chi connectivity index (χ0n) is 20.4. The first-order valence-electron chi connectivity index (χ1n) is 11.8. The number of carbonyl (C=O) groups is 3. The minimum Gasteiger partial charge on any atom is -0.321 e. The van der Waals surface area contributed by atoms with Crippen LogP contribution < -0.4 is 16.0 Å². The summed E-state index contributed by atoms with van der Waals surface area (Å²) in [5, 5.41) is 10.9. The molecule has 39 heavy (non-hydrogen) atoms. The van der Waals surface area contributed by atoms with Crippen LogP contribution in [0.1, 0.15) is 15.2 Å². The van der Waals surface area contributed by atoms with Crippen LogP contribution in [0.15, 0.2) is 107 Å². The lowest BCUT2D eigenvalue weighted by Gasteiger charge is -2.12. The van der Waals surface area contributed by atoms with Crippen molar-refractivity contribution in [1.82, 2.24) is 10.3 Å². The zero-order chi connectivity index (χ0) is 27.0. The summed E-state index contributed by atoms with van der Waals surface area (Å²) in [6, 6.07) is 27.4. The van der Waals surface area contributed by atoms with Crippen LogP contribution in [0.2, 0.25) is 0 Å². The highest BCUT2D eigenvalue weighted by atomic mass is 32.2. The molecule has 0 aliphatic heterocycles. The molecular formula is C29H22N4O3S3. The third-order valence-corrected chi connectivity index (χ3v) is 8.13. The van der Waals surface area contributed by atoms with Gasteiger partial charge in [-0.3, -0.25) is 14.4 Å². The van der Waals surface area contributed by atoms with Gasteiger partial charge in [0.25, 0.3) is 11.8 Å². The maximum Gasteiger partial charge on any atom is 0.272 e. The Morgan fingerprint density at radius 1 is 0.872 bits per heavy atom. The van der Waals surface area contributed by atoms with E-state index in [2.05, 4.69) is 20.9 Å². The van der Waals surface area contributed by atoms with E-state index in [0.717, 1.165) is 20.0 Å². The summed E-state index contributed by atoms with van der Waals surface area (Å²) in [6.45, 7) is 0. The summed E-state index contributed by atoms with van der Waals surface area (Å²) in [6.07, 6.45) is 1.64. The molecule has 5 aromatic rings. The van der Waals surface area contributed by atoms with Crippen LogP contribution in [0.5, 0.6) is 0 Å². The molecule has 7 nitrogen and oxygen atoms in total. The van der Waals surface area contributed by atoms with Crippen molar-refractivity contribution >= 4 is 79.3 Å². The molecule has 0 atom stereocenters. The van der Waals surface area contributed by atoms with Crippen LogP contribution in [0.25, 0.3) is 16.3 Å². The van der Waals surface area contributed by atoms with E-state index in [-0.39, 0.29) is 23.3 Å². The van der Waals surface area contributed by atoms with Crippen molar-refractivity contribution in [3.8, 4) is 0 Å². The molecule has 0 aliphatic carbocycles. The van der Waals surface area contributed by atoms with Gasteiger partial charge in [0.05, 0.1) is 16.0 Å². The molecule has 3 amide bonds. The topological polar surface area (TPSA) is 100 Å². The molecule has 0 bridgehead atoms. The monoisotopic (exact) mass is 570 g/mol. The van der Waals surface area contributed by atoms with Gasteiger partial charge in [-0.25, -0.2) is 4.98 Å². The largest absolute Gasteiger partial charge is 0.321 e. The highest BCUT2D eigenvalue weighted by molar-refractivity contribution is 8.00. The molecule has 0 spiro atoms. The number of hydrogen-bond acceptors (Lipinski definition) is 7. The maximum atomic E-state index is 13.2. The Morgan fingerprint density at radius 3 is 2.49 bits per heavy atom. The van der Waals surface area contributed by atoms with Crippen LogP contribution in [0.3, 0.4) is 0 Å². The number of hydrogen-bond donors (Lipinski definition) is 3. The molecule has 3 aromatic carbocycles. The highest BCUT2D eigenvalue weighted by Crippen LogP contribution is 2.26. The van der Waals surface area contributed by atoms with Crippen molar-refractivity contribution < 1.29 is 14.4 Å². The number of carbonyl (C=O) groups excluding carboxylic acids is 3. The maximum absolute atomic E-state index is 13.2. The van der Waals surface area contributed by atoms with E-state index < -0.39 is 5.91 Å². The molecule has 5 rings (SSSR count). The predicted molar refractivity (Wildman–Crippen MR) is 160 cm³/mol. The lowest BCUT2D eigenvalue weighted by Crippen LogP contribution is -2.30. The first-order chi connectivity index (χ1) is 19.0. The molecule has 194 valence electrons. The molecule has 0 saturated heterocycles. The number of anilines is 2. The van der Waals surface area contributed by atoms with Gasteiger partial charge in [0.15, 0.2) is 5.13 Å². The third kappa shape index (κ3) is 7.20.